The van der Waals surface area contributed by atoms with Crippen molar-refractivity contribution in [2.24, 2.45) is 0 Å². The average Bonchev–Trinajstić information content (AvgIpc) is 2.93. The van der Waals surface area contributed by atoms with Gasteiger partial charge in [-0.1, -0.05) is 42.0 Å². The Morgan fingerprint density at radius 2 is 2.25 bits per heavy atom. The lowest BCUT2D eigenvalue weighted by molar-refractivity contribution is 0.0958. The molecule has 0 atom stereocenters. The highest BCUT2D eigenvalue weighted by Gasteiger charge is 2.12. The molecule has 0 bridgehead atoms. The predicted molar refractivity (Wildman–Crippen MR) is 84.3 cm³/mol. The monoisotopic (exact) mass is 306 g/mol. The second-order valence-electron chi connectivity index (χ2n) is 4.12. The van der Waals surface area contributed by atoms with E-state index in [4.69, 9.17) is 11.6 Å². The summed E-state index contributed by atoms with van der Waals surface area (Å²) in [5, 5.41) is 4.26. The molecule has 104 valence electrons. The highest BCUT2D eigenvalue weighted by Crippen LogP contribution is 2.30. The molecule has 1 aromatic carbocycles. The number of amides is 1. The summed E-state index contributed by atoms with van der Waals surface area (Å²) in [4.78, 5) is 16.8. The van der Waals surface area contributed by atoms with E-state index >= 15 is 0 Å². The summed E-state index contributed by atoms with van der Waals surface area (Å²) >= 11 is 7.47. The van der Waals surface area contributed by atoms with Gasteiger partial charge in [-0.25, -0.2) is 4.98 Å². The molecule has 0 aliphatic heterocycles. The van der Waals surface area contributed by atoms with Gasteiger partial charge < -0.3 is 5.32 Å². The van der Waals surface area contributed by atoms with Crippen molar-refractivity contribution < 1.29 is 4.79 Å². The number of nitrogens with zero attached hydrogens (tertiary/aromatic N) is 1. The zero-order valence-corrected chi connectivity index (χ0v) is 12.7. The van der Waals surface area contributed by atoms with Gasteiger partial charge in [0.2, 0.25) is 0 Å². The number of benzene rings is 1. The second kappa shape index (κ2) is 7.22. The number of carbonyl (C=O) groups is 1. The van der Waals surface area contributed by atoms with E-state index in [-0.39, 0.29) is 5.91 Å². The topological polar surface area (TPSA) is 42.0 Å². The summed E-state index contributed by atoms with van der Waals surface area (Å²) in [5.41, 5.74) is 0.854. The molecule has 1 N–H and O–H groups in total. The maximum Gasteiger partial charge on any atom is 0.263 e. The summed E-state index contributed by atoms with van der Waals surface area (Å²) in [7, 11) is 0. The fourth-order valence-corrected chi connectivity index (χ4v) is 2.81. The molecule has 0 saturated heterocycles. The minimum Gasteiger partial charge on any atom is -0.351 e. The molecule has 0 saturated carbocycles. The summed E-state index contributed by atoms with van der Waals surface area (Å²) in [5.74, 6) is -0.0923. The molecule has 1 heterocycles. The average molecular weight is 307 g/mol. The van der Waals surface area contributed by atoms with Gasteiger partial charge >= 0.3 is 0 Å². The molecular weight excluding hydrogens is 292 g/mol. The van der Waals surface area contributed by atoms with E-state index < -0.39 is 0 Å². The Balaban J connectivity index is 2.05. The quantitative estimate of drug-likeness (QED) is 0.666. The fraction of sp³-hybridized carbons (Fsp3) is 0.200. The molecule has 1 aromatic heterocycles. The lowest BCUT2D eigenvalue weighted by atomic mass is 10.2. The number of thiazole rings is 1. The van der Waals surface area contributed by atoms with E-state index in [0.717, 1.165) is 17.0 Å². The molecule has 20 heavy (non-hydrogen) atoms. The number of allylic oxidation sites excluding steroid dienone is 1. The molecule has 0 radical (unpaired) electrons. The lowest BCUT2D eigenvalue weighted by Gasteiger charge is -2.00. The molecule has 0 aliphatic rings. The molecular formula is C15H15ClN2OS. The zero-order chi connectivity index (χ0) is 14.4. The van der Waals surface area contributed by atoms with Crippen LogP contribution in [-0.2, 0) is 0 Å². The third-order valence-electron chi connectivity index (χ3n) is 2.67. The van der Waals surface area contributed by atoms with Crippen molar-refractivity contribution in [3.05, 3.63) is 52.5 Å². The van der Waals surface area contributed by atoms with Crippen LogP contribution in [0.25, 0.3) is 10.6 Å². The van der Waals surface area contributed by atoms with Gasteiger partial charge in [0.15, 0.2) is 0 Å². The molecule has 0 fully saturated rings. The molecule has 1 amide bonds. The summed E-state index contributed by atoms with van der Waals surface area (Å²) in [6.07, 6.45) is 6.41. The van der Waals surface area contributed by atoms with E-state index in [9.17, 15) is 4.79 Å². The van der Waals surface area contributed by atoms with Crippen LogP contribution in [0.3, 0.4) is 0 Å². The number of halogens is 1. The fourth-order valence-electron chi connectivity index (χ4n) is 1.66. The number of nitrogens with one attached hydrogen (secondary N) is 1. The van der Waals surface area contributed by atoms with Gasteiger partial charge in [-0.15, -0.1) is 11.3 Å². The summed E-state index contributed by atoms with van der Waals surface area (Å²) < 4.78 is 0. The van der Waals surface area contributed by atoms with E-state index in [1.165, 1.54) is 11.3 Å². The number of rotatable bonds is 5. The SMILES string of the molecule is C/C=C/CCNC(=O)c1cnc(-c2ccccc2Cl)s1. The van der Waals surface area contributed by atoms with Gasteiger partial charge in [-0.2, -0.15) is 0 Å². The van der Waals surface area contributed by atoms with E-state index in [1.807, 2.05) is 43.3 Å². The molecule has 2 rings (SSSR count). The highest BCUT2D eigenvalue weighted by molar-refractivity contribution is 7.17. The van der Waals surface area contributed by atoms with E-state index in [2.05, 4.69) is 10.3 Å². The van der Waals surface area contributed by atoms with Crippen molar-refractivity contribution in [3.63, 3.8) is 0 Å². The summed E-state index contributed by atoms with van der Waals surface area (Å²) in [6.45, 7) is 2.59. The maximum atomic E-state index is 11.9. The van der Waals surface area contributed by atoms with Crippen molar-refractivity contribution in [2.45, 2.75) is 13.3 Å². The molecule has 3 nitrogen and oxygen atoms in total. The standard InChI is InChI=1S/C15H15ClN2OS/c1-2-3-6-9-17-14(19)13-10-18-15(20-13)11-7-4-5-8-12(11)16/h2-5,7-8,10H,6,9H2,1H3,(H,17,19)/b3-2+. The number of carbonyl (C=O) groups excluding carboxylic acids is 1. The largest absolute Gasteiger partial charge is 0.351 e. The van der Waals surface area contributed by atoms with Crippen LogP contribution in [0.2, 0.25) is 5.02 Å². The molecule has 0 unspecified atom stereocenters. The van der Waals surface area contributed by atoms with Crippen LogP contribution in [0.4, 0.5) is 0 Å². The number of hydrogen-bond donors (Lipinski definition) is 1. The van der Waals surface area contributed by atoms with Crippen molar-refractivity contribution in [1.82, 2.24) is 10.3 Å². The van der Waals surface area contributed by atoms with Crippen LogP contribution < -0.4 is 5.32 Å². The van der Waals surface area contributed by atoms with Gasteiger partial charge in [0, 0.05) is 12.1 Å². The van der Waals surface area contributed by atoms with Crippen LogP contribution >= 0.6 is 22.9 Å². The Morgan fingerprint density at radius 3 is 3.00 bits per heavy atom. The first-order valence-corrected chi connectivity index (χ1v) is 7.52. The van der Waals surface area contributed by atoms with Crippen LogP contribution in [0.15, 0.2) is 42.6 Å². The normalized spacial score (nSPS) is 10.9. The Labute approximate surface area is 127 Å². The van der Waals surface area contributed by atoms with Crippen LogP contribution in [0.1, 0.15) is 23.0 Å². The third kappa shape index (κ3) is 3.68. The molecule has 0 spiro atoms. The predicted octanol–water partition coefficient (Wildman–Crippen LogP) is 4.16. The number of hydrogen-bond acceptors (Lipinski definition) is 3. The van der Waals surface area contributed by atoms with E-state index in [1.54, 1.807) is 6.20 Å². The van der Waals surface area contributed by atoms with E-state index in [0.29, 0.717) is 16.4 Å². The van der Waals surface area contributed by atoms with Crippen molar-refractivity contribution >= 4 is 28.8 Å². The third-order valence-corrected chi connectivity index (χ3v) is 4.02. The Morgan fingerprint density at radius 1 is 1.45 bits per heavy atom. The smallest absolute Gasteiger partial charge is 0.263 e. The Kier molecular flexibility index (Phi) is 5.32. The maximum absolute atomic E-state index is 11.9. The molecule has 0 aliphatic carbocycles. The lowest BCUT2D eigenvalue weighted by Crippen LogP contribution is -2.23. The van der Waals surface area contributed by atoms with Gasteiger partial charge in [0.25, 0.3) is 5.91 Å². The van der Waals surface area contributed by atoms with Gasteiger partial charge in [0.1, 0.15) is 9.88 Å². The summed E-state index contributed by atoms with van der Waals surface area (Å²) in [6, 6.07) is 7.48. The van der Waals surface area contributed by atoms with Crippen molar-refractivity contribution in [3.8, 4) is 10.6 Å². The minimum atomic E-state index is -0.0923. The van der Waals surface area contributed by atoms with Gasteiger partial charge in [0.05, 0.1) is 11.2 Å². The first-order valence-electron chi connectivity index (χ1n) is 6.32. The Bertz CT molecular complexity index is 622. The minimum absolute atomic E-state index is 0.0923. The second-order valence-corrected chi connectivity index (χ2v) is 5.56. The van der Waals surface area contributed by atoms with Crippen LogP contribution in [0.5, 0.6) is 0 Å². The van der Waals surface area contributed by atoms with Crippen molar-refractivity contribution in [2.75, 3.05) is 6.54 Å². The zero-order valence-electron chi connectivity index (χ0n) is 11.1. The van der Waals surface area contributed by atoms with Crippen LogP contribution in [-0.4, -0.2) is 17.4 Å². The Hall–Kier alpha value is -1.65. The first-order chi connectivity index (χ1) is 9.72. The van der Waals surface area contributed by atoms with Crippen molar-refractivity contribution in [1.29, 1.82) is 0 Å². The highest BCUT2D eigenvalue weighted by atomic mass is 35.5. The van der Waals surface area contributed by atoms with Crippen LogP contribution in [0, 0.1) is 0 Å². The van der Waals surface area contributed by atoms with Gasteiger partial charge in [-0.3, -0.25) is 4.79 Å². The van der Waals surface area contributed by atoms with Gasteiger partial charge in [-0.05, 0) is 19.4 Å². The molecule has 5 heteroatoms. The number of aromatic nitrogens is 1. The first kappa shape index (κ1) is 14.8. The molecule has 2 aromatic rings.